The van der Waals surface area contributed by atoms with Gasteiger partial charge in [-0.25, -0.2) is 4.79 Å². The molecule has 0 unspecified atom stereocenters. The third-order valence-corrected chi connectivity index (χ3v) is 4.35. The summed E-state index contributed by atoms with van der Waals surface area (Å²) in [7, 11) is 0. The van der Waals surface area contributed by atoms with Crippen LogP contribution in [0.2, 0.25) is 0 Å². The van der Waals surface area contributed by atoms with E-state index in [1.54, 1.807) is 11.4 Å². The summed E-state index contributed by atoms with van der Waals surface area (Å²) in [6.45, 7) is 6.62. The van der Waals surface area contributed by atoms with Gasteiger partial charge in [-0.2, -0.15) is 0 Å². The largest absolute Gasteiger partial charge is 0.478 e. The molecule has 0 aromatic carbocycles. The van der Waals surface area contributed by atoms with Gasteiger partial charge in [0.1, 0.15) is 0 Å². The van der Waals surface area contributed by atoms with Crippen LogP contribution in [0.4, 0.5) is 0 Å². The third kappa shape index (κ3) is 4.41. The van der Waals surface area contributed by atoms with E-state index in [-0.39, 0.29) is 5.91 Å². The molecule has 1 aliphatic rings. The van der Waals surface area contributed by atoms with Crippen molar-refractivity contribution in [3.63, 3.8) is 0 Å². The van der Waals surface area contributed by atoms with E-state index in [9.17, 15) is 9.59 Å². The first-order valence-electron chi connectivity index (χ1n) is 7.11. The lowest BCUT2D eigenvalue weighted by molar-refractivity contribution is -0.131. The van der Waals surface area contributed by atoms with Gasteiger partial charge in [0.2, 0.25) is 0 Å². The Morgan fingerprint density at radius 3 is 2.67 bits per heavy atom. The zero-order valence-electron chi connectivity index (χ0n) is 12.1. The molecule has 6 heteroatoms. The maximum Gasteiger partial charge on any atom is 0.328 e. The highest BCUT2D eigenvalue weighted by molar-refractivity contribution is 7.11. The van der Waals surface area contributed by atoms with Crippen molar-refractivity contribution in [3.8, 4) is 0 Å². The van der Waals surface area contributed by atoms with E-state index in [0.717, 1.165) is 50.1 Å². The Bertz CT molecular complexity index is 531. The predicted octanol–water partition coefficient (Wildman–Crippen LogP) is 2.01. The van der Waals surface area contributed by atoms with E-state index in [0.29, 0.717) is 5.56 Å². The average molecular weight is 308 g/mol. The van der Waals surface area contributed by atoms with Gasteiger partial charge in [-0.3, -0.25) is 9.69 Å². The summed E-state index contributed by atoms with van der Waals surface area (Å²) in [5.41, 5.74) is 0.647. The second-order valence-corrected chi connectivity index (χ2v) is 5.99. The van der Waals surface area contributed by atoms with Crippen molar-refractivity contribution in [2.24, 2.45) is 0 Å². The van der Waals surface area contributed by atoms with Gasteiger partial charge in [-0.15, -0.1) is 11.3 Å². The van der Waals surface area contributed by atoms with Crippen LogP contribution in [-0.2, 0) is 4.79 Å². The number of carboxylic acid groups (broad SMARTS) is 1. The van der Waals surface area contributed by atoms with Gasteiger partial charge in [0.05, 0.1) is 5.56 Å². The van der Waals surface area contributed by atoms with Crippen molar-refractivity contribution < 1.29 is 14.7 Å². The molecule has 1 aromatic rings. The average Bonchev–Trinajstić information content (AvgIpc) is 2.94. The van der Waals surface area contributed by atoms with Crippen LogP contribution in [0.5, 0.6) is 0 Å². The number of thiophene rings is 1. The fraction of sp³-hybridized carbons (Fsp3) is 0.467. The minimum atomic E-state index is -0.983. The number of amides is 1. The van der Waals surface area contributed by atoms with E-state index >= 15 is 0 Å². The highest BCUT2D eigenvalue weighted by atomic mass is 32.1. The summed E-state index contributed by atoms with van der Waals surface area (Å²) in [6, 6.07) is 1.75. The SMILES string of the molecule is CCCN1CCN(C(=O)c2csc(C=CC(=O)O)c2)CC1. The number of carbonyl (C=O) groups excluding carboxylic acids is 1. The van der Waals surface area contributed by atoms with Gasteiger partial charge in [0.25, 0.3) is 5.91 Å². The molecular formula is C15H20N2O3S. The van der Waals surface area contributed by atoms with Gasteiger partial charge in [0.15, 0.2) is 0 Å². The number of rotatable bonds is 5. The van der Waals surface area contributed by atoms with Gasteiger partial charge in [-0.1, -0.05) is 6.92 Å². The molecule has 1 amide bonds. The van der Waals surface area contributed by atoms with Crippen LogP contribution in [-0.4, -0.2) is 59.5 Å². The fourth-order valence-corrected chi connectivity index (χ4v) is 3.15. The van der Waals surface area contributed by atoms with Crippen LogP contribution in [0.15, 0.2) is 17.5 Å². The lowest BCUT2D eigenvalue weighted by Gasteiger charge is -2.34. The van der Waals surface area contributed by atoms with Crippen molar-refractivity contribution in [2.75, 3.05) is 32.7 Å². The van der Waals surface area contributed by atoms with E-state index in [1.807, 2.05) is 4.90 Å². The van der Waals surface area contributed by atoms with Crippen molar-refractivity contribution >= 4 is 29.3 Å². The summed E-state index contributed by atoms with van der Waals surface area (Å²) in [5, 5.41) is 10.4. The molecule has 0 aliphatic carbocycles. The Balaban J connectivity index is 1.93. The smallest absolute Gasteiger partial charge is 0.328 e. The van der Waals surface area contributed by atoms with E-state index in [4.69, 9.17) is 5.11 Å². The van der Waals surface area contributed by atoms with E-state index in [1.165, 1.54) is 17.4 Å². The Morgan fingerprint density at radius 2 is 2.05 bits per heavy atom. The van der Waals surface area contributed by atoms with Crippen molar-refractivity contribution in [2.45, 2.75) is 13.3 Å². The topological polar surface area (TPSA) is 60.9 Å². The first-order valence-corrected chi connectivity index (χ1v) is 7.99. The number of aliphatic carboxylic acids is 1. The Kier molecular flexibility index (Phi) is 5.52. The van der Waals surface area contributed by atoms with Gasteiger partial charge in [-0.05, 0) is 25.1 Å². The standard InChI is InChI=1S/C15H20N2O3S/c1-2-5-16-6-8-17(9-7-16)15(20)12-10-13(21-11-12)3-4-14(18)19/h3-4,10-11H,2,5-9H2,1H3,(H,18,19). The summed E-state index contributed by atoms with van der Waals surface area (Å²) >= 11 is 1.38. The molecule has 2 rings (SSSR count). The monoisotopic (exact) mass is 308 g/mol. The number of hydrogen-bond donors (Lipinski definition) is 1. The molecule has 0 radical (unpaired) electrons. The number of nitrogens with zero attached hydrogens (tertiary/aromatic N) is 2. The maximum atomic E-state index is 12.4. The van der Waals surface area contributed by atoms with Crippen molar-refractivity contribution in [3.05, 3.63) is 28.0 Å². The summed E-state index contributed by atoms with van der Waals surface area (Å²) < 4.78 is 0. The summed E-state index contributed by atoms with van der Waals surface area (Å²) in [4.78, 5) is 27.9. The summed E-state index contributed by atoms with van der Waals surface area (Å²) in [6.07, 6.45) is 3.74. The fourth-order valence-electron chi connectivity index (χ4n) is 2.38. The third-order valence-electron chi connectivity index (χ3n) is 3.46. The second-order valence-electron chi connectivity index (χ2n) is 5.04. The molecule has 1 aromatic heterocycles. The molecule has 1 saturated heterocycles. The molecule has 1 fully saturated rings. The zero-order valence-corrected chi connectivity index (χ0v) is 12.9. The van der Waals surface area contributed by atoms with E-state index < -0.39 is 5.97 Å². The molecule has 2 heterocycles. The molecule has 0 bridgehead atoms. The molecule has 21 heavy (non-hydrogen) atoms. The van der Waals surface area contributed by atoms with Crippen molar-refractivity contribution in [1.29, 1.82) is 0 Å². The van der Waals surface area contributed by atoms with Crippen LogP contribution >= 0.6 is 11.3 Å². The lowest BCUT2D eigenvalue weighted by Crippen LogP contribution is -2.48. The molecule has 5 nitrogen and oxygen atoms in total. The number of carbonyl (C=O) groups is 2. The number of carboxylic acids is 1. The molecule has 0 spiro atoms. The van der Waals surface area contributed by atoms with Crippen LogP contribution in [0.25, 0.3) is 6.08 Å². The predicted molar refractivity (Wildman–Crippen MR) is 83.6 cm³/mol. The minimum Gasteiger partial charge on any atom is -0.478 e. The summed E-state index contributed by atoms with van der Waals surface area (Å²) in [5.74, 6) is -0.944. The number of piperazine rings is 1. The van der Waals surface area contributed by atoms with Crippen molar-refractivity contribution in [1.82, 2.24) is 9.80 Å². The minimum absolute atomic E-state index is 0.0392. The van der Waals surface area contributed by atoms with Crippen LogP contribution in [0.1, 0.15) is 28.6 Å². The molecule has 1 aliphatic heterocycles. The quantitative estimate of drug-likeness (QED) is 0.845. The van der Waals surface area contributed by atoms with Gasteiger partial charge < -0.3 is 10.0 Å². The molecular weight excluding hydrogens is 288 g/mol. The van der Waals surface area contributed by atoms with E-state index in [2.05, 4.69) is 11.8 Å². The Morgan fingerprint density at radius 1 is 1.33 bits per heavy atom. The Labute approximate surface area is 128 Å². The Hall–Kier alpha value is -1.66. The van der Waals surface area contributed by atoms with Crippen LogP contribution in [0.3, 0.4) is 0 Å². The van der Waals surface area contributed by atoms with Crippen LogP contribution < -0.4 is 0 Å². The lowest BCUT2D eigenvalue weighted by atomic mass is 10.2. The highest BCUT2D eigenvalue weighted by Gasteiger charge is 2.22. The molecule has 1 N–H and O–H groups in total. The number of hydrogen-bond acceptors (Lipinski definition) is 4. The van der Waals surface area contributed by atoms with Gasteiger partial charge in [0, 0.05) is 42.5 Å². The van der Waals surface area contributed by atoms with Gasteiger partial charge >= 0.3 is 5.97 Å². The first-order chi connectivity index (χ1) is 10.1. The highest BCUT2D eigenvalue weighted by Crippen LogP contribution is 2.18. The maximum absolute atomic E-state index is 12.4. The normalized spacial score (nSPS) is 16.5. The first kappa shape index (κ1) is 15.7. The molecule has 114 valence electrons. The second kappa shape index (κ2) is 7.38. The molecule has 0 atom stereocenters. The zero-order chi connectivity index (χ0) is 15.2. The molecule has 0 saturated carbocycles. The van der Waals surface area contributed by atoms with Crippen LogP contribution in [0, 0.1) is 0 Å².